The highest BCUT2D eigenvalue weighted by atomic mass is 16.5. The van der Waals surface area contributed by atoms with Gasteiger partial charge in [-0.15, -0.1) is 0 Å². The fourth-order valence-corrected chi connectivity index (χ4v) is 5.24. The van der Waals surface area contributed by atoms with Gasteiger partial charge in [-0.2, -0.15) is 10.1 Å². The monoisotopic (exact) mass is 484 g/mol. The largest absolute Gasteiger partial charge is 0.481 e. The SMILES string of the molecule is O=C(O)C1CN(Cc2ccc(-c3noc(-c4cnn(C5CCCCC5)c4-c4ccncc4)n3)cc2)C1. The van der Waals surface area contributed by atoms with E-state index in [0.717, 1.165) is 47.3 Å². The fraction of sp³-hybridized carbons (Fsp3) is 0.370. The number of hydrogen-bond donors (Lipinski definition) is 1. The van der Waals surface area contributed by atoms with E-state index in [1.165, 1.54) is 19.3 Å². The molecule has 4 heterocycles. The third kappa shape index (κ3) is 4.42. The summed E-state index contributed by atoms with van der Waals surface area (Å²) >= 11 is 0. The van der Waals surface area contributed by atoms with Crippen molar-refractivity contribution in [2.45, 2.75) is 44.7 Å². The summed E-state index contributed by atoms with van der Waals surface area (Å²) in [5.74, 6) is 0.00758. The molecule has 0 spiro atoms. The third-order valence-corrected chi connectivity index (χ3v) is 7.25. The Morgan fingerprint density at radius 1 is 1.00 bits per heavy atom. The molecule has 9 heteroatoms. The van der Waals surface area contributed by atoms with Crippen molar-refractivity contribution in [3.8, 4) is 34.1 Å². The van der Waals surface area contributed by atoms with Gasteiger partial charge in [0.15, 0.2) is 0 Å². The van der Waals surface area contributed by atoms with Crippen molar-refractivity contribution < 1.29 is 14.4 Å². The quantitative estimate of drug-likeness (QED) is 0.402. The second-order valence-corrected chi connectivity index (χ2v) is 9.73. The van der Waals surface area contributed by atoms with Crippen LogP contribution >= 0.6 is 0 Å². The van der Waals surface area contributed by atoms with Gasteiger partial charge >= 0.3 is 5.97 Å². The van der Waals surface area contributed by atoms with Gasteiger partial charge in [0, 0.05) is 43.2 Å². The maximum atomic E-state index is 11.0. The van der Waals surface area contributed by atoms with E-state index in [9.17, 15) is 4.79 Å². The topological polar surface area (TPSA) is 110 Å². The average Bonchev–Trinajstić information content (AvgIpc) is 3.55. The Labute approximate surface area is 208 Å². The first-order valence-corrected chi connectivity index (χ1v) is 12.5. The molecule has 1 N–H and O–H groups in total. The van der Waals surface area contributed by atoms with Crippen LogP contribution in [-0.2, 0) is 11.3 Å². The summed E-state index contributed by atoms with van der Waals surface area (Å²) in [6.45, 7) is 1.93. The Morgan fingerprint density at radius 3 is 2.47 bits per heavy atom. The minimum Gasteiger partial charge on any atom is -0.481 e. The van der Waals surface area contributed by atoms with Gasteiger partial charge in [-0.1, -0.05) is 48.7 Å². The zero-order chi connectivity index (χ0) is 24.5. The molecule has 1 aromatic carbocycles. The molecule has 1 saturated heterocycles. The first-order chi connectivity index (χ1) is 17.7. The fourth-order valence-electron chi connectivity index (χ4n) is 5.24. The first-order valence-electron chi connectivity index (χ1n) is 12.5. The molecule has 9 nitrogen and oxygen atoms in total. The van der Waals surface area contributed by atoms with Crippen LogP contribution in [0.15, 0.2) is 59.5 Å². The van der Waals surface area contributed by atoms with Gasteiger partial charge in [0.05, 0.1) is 29.4 Å². The van der Waals surface area contributed by atoms with E-state index in [-0.39, 0.29) is 5.92 Å². The lowest BCUT2D eigenvalue weighted by atomic mass is 9.95. The minimum absolute atomic E-state index is 0.249. The molecule has 1 saturated carbocycles. The maximum absolute atomic E-state index is 11.0. The van der Waals surface area contributed by atoms with Crippen molar-refractivity contribution in [1.29, 1.82) is 0 Å². The van der Waals surface area contributed by atoms with Gasteiger partial charge in [-0.3, -0.25) is 19.4 Å². The number of carboxylic acid groups (broad SMARTS) is 1. The summed E-state index contributed by atoms with van der Waals surface area (Å²) in [6, 6.07) is 12.4. The minimum atomic E-state index is -0.717. The van der Waals surface area contributed by atoms with Crippen molar-refractivity contribution in [3.63, 3.8) is 0 Å². The van der Waals surface area contributed by atoms with Crippen LogP contribution in [0.2, 0.25) is 0 Å². The number of hydrogen-bond acceptors (Lipinski definition) is 7. The average molecular weight is 485 g/mol. The number of aromatic nitrogens is 5. The van der Waals surface area contributed by atoms with Crippen molar-refractivity contribution in [2.24, 2.45) is 5.92 Å². The maximum Gasteiger partial charge on any atom is 0.309 e. The summed E-state index contributed by atoms with van der Waals surface area (Å²) in [5.41, 5.74) is 4.84. The standard InChI is InChI=1S/C27H28N6O3/c34-27(35)21-16-32(17-21)15-18-6-8-20(9-7-18)25-30-26(36-31-25)23-14-29-33(22-4-2-1-3-5-22)24(23)19-10-12-28-13-11-19/h6-14,21-22H,1-5,15-17H2,(H,34,35). The summed E-state index contributed by atoms with van der Waals surface area (Å²) in [4.78, 5) is 22.0. The summed E-state index contributed by atoms with van der Waals surface area (Å²) in [6.07, 6.45) is 11.4. The number of pyridine rings is 1. The second kappa shape index (κ2) is 9.66. The first kappa shape index (κ1) is 22.6. The number of rotatable bonds is 7. The lowest BCUT2D eigenvalue weighted by molar-refractivity contribution is -0.147. The van der Waals surface area contributed by atoms with Gasteiger partial charge in [-0.05, 0) is 30.5 Å². The molecule has 0 amide bonds. The molecule has 1 aliphatic carbocycles. The van der Waals surface area contributed by atoms with Crippen LogP contribution in [0.4, 0.5) is 0 Å². The summed E-state index contributed by atoms with van der Waals surface area (Å²) < 4.78 is 7.86. The Morgan fingerprint density at radius 2 is 1.75 bits per heavy atom. The van der Waals surface area contributed by atoms with E-state index in [4.69, 9.17) is 19.7 Å². The molecule has 3 aromatic heterocycles. The van der Waals surface area contributed by atoms with E-state index in [2.05, 4.69) is 19.7 Å². The molecular formula is C27H28N6O3. The molecule has 6 rings (SSSR count). The molecule has 0 radical (unpaired) electrons. The highest BCUT2D eigenvalue weighted by Crippen LogP contribution is 2.37. The molecule has 1 aliphatic heterocycles. The predicted molar refractivity (Wildman–Crippen MR) is 133 cm³/mol. The Bertz CT molecular complexity index is 1340. The van der Waals surface area contributed by atoms with Crippen LogP contribution in [0.1, 0.15) is 43.7 Å². The number of aliphatic carboxylic acids is 1. The zero-order valence-electron chi connectivity index (χ0n) is 20.0. The lowest BCUT2D eigenvalue weighted by Gasteiger charge is -2.36. The van der Waals surface area contributed by atoms with Gasteiger partial charge in [0.1, 0.15) is 0 Å². The smallest absolute Gasteiger partial charge is 0.309 e. The van der Waals surface area contributed by atoms with E-state index >= 15 is 0 Å². The number of carbonyl (C=O) groups is 1. The molecule has 2 aliphatic rings. The molecule has 0 atom stereocenters. The Hall–Kier alpha value is -3.85. The van der Waals surface area contributed by atoms with Crippen LogP contribution in [0, 0.1) is 5.92 Å². The molecule has 2 fully saturated rings. The Kier molecular flexibility index (Phi) is 6.06. The van der Waals surface area contributed by atoms with E-state index < -0.39 is 5.97 Å². The van der Waals surface area contributed by atoms with Crippen molar-refractivity contribution in [1.82, 2.24) is 29.8 Å². The van der Waals surface area contributed by atoms with Crippen LogP contribution < -0.4 is 0 Å². The normalized spacial score (nSPS) is 17.2. The molecule has 0 bridgehead atoms. The van der Waals surface area contributed by atoms with Crippen molar-refractivity contribution in [2.75, 3.05) is 13.1 Å². The molecule has 184 valence electrons. The van der Waals surface area contributed by atoms with Gasteiger partial charge in [0.2, 0.25) is 5.82 Å². The number of nitrogens with zero attached hydrogens (tertiary/aromatic N) is 6. The summed E-state index contributed by atoms with van der Waals surface area (Å²) in [7, 11) is 0. The Balaban J connectivity index is 1.24. The van der Waals surface area contributed by atoms with Crippen LogP contribution in [0.3, 0.4) is 0 Å². The van der Waals surface area contributed by atoms with E-state index in [0.29, 0.717) is 30.8 Å². The zero-order valence-corrected chi connectivity index (χ0v) is 20.0. The highest BCUT2D eigenvalue weighted by molar-refractivity contribution is 5.77. The number of likely N-dealkylation sites (tertiary alicyclic amines) is 1. The summed E-state index contributed by atoms with van der Waals surface area (Å²) in [5, 5.41) is 18.1. The van der Waals surface area contributed by atoms with Gasteiger partial charge in [0.25, 0.3) is 5.89 Å². The van der Waals surface area contributed by atoms with Gasteiger partial charge < -0.3 is 9.63 Å². The predicted octanol–water partition coefficient (Wildman–Crippen LogP) is 4.68. The van der Waals surface area contributed by atoms with Crippen LogP contribution in [-0.4, -0.2) is 54.0 Å². The van der Waals surface area contributed by atoms with Gasteiger partial charge in [-0.25, -0.2) is 0 Å². The van der Waals surface area contributed by atoms with E-state index in [1.54, 1.807) is 12.4 Å². The van der Waals surface area contributed by atoms with Crippen LogP contribution in [0.25, 0.3) is 34.1 Å². The second-order valence-electron chi connectivity index (χ2n) is 9.73. The van der Waals surface area contributed by atoms with Crippen LogP contribution in [0.5, 0.6) is 0 Å². The highest BCUT2D eigenvalue weighted by Gasteiger charge is 2.32. The number of carboxylic acids is 1. The third-order valence-electron chi connectivity index (χ3n) is 7.25. The molecular weight excluding hydrogens is 456 g/mol. The van der Waals surface area contributed by atoms with E-state index in [1.807, 2.05) is 42.6 Å². The van der Waals surface area contributed by atoms with Crippen molar-refractivity contribution in [3.05, 3.63) is 60.6 Å². The van der Waals surface area contributed by atoms with Crippen molar-refractivity contribution >= 4 is 5.97 Å². The molecule has 36 heavy (non-hydrogen) atoms. The molecule has 4 aromatic rings. The number of benzene rings is 1. The molecule has 0 unspecified atom stereocenters. The lowest BCUT2D eigenvalue weighted by Crippen LogP contribution is -2.49.